The van der Waals surface area contributed by atoms with E-state index >= 15 is 0 Å². The van der Waals surface area contributed by atoms with Gasteiger partial charge in [0.1, 0.15) is 0 Å². The lowest BCUT2D eigenvalue weighted by Gasteiger charge is -2.17. The van der Waals surface area contributed by atoms with Crippen molar-refractivity contribution in [1.29, 1.82) is 0 Å². The molecular formula is C13H21N3O2. The first-order chi connectivity index (χ1) is 8.66. The van der Waals surface area contributed by atoms with E-state index in [-0.39, 0.29) is 11.7 Å². The van der Waals surface area contributed by atoms with Crippen LogP contribution in [0.3, 0.4) is 0 Å². The molecule has 2 heterocycles. The van der Waals surface area contributed by atoms with Crippen molar-refractivity contribution in [3.05, 3.63) is 22.6 Å². The Morgan fingerprint density at radius 3 is 2.78 bits per heavy atom. The maximum atomic E-state index is 11.9. The number of aryl methyl sites for hydroxylation is 1. The molecule has 0 radical (unpaired) electrons. The van der Waals surface area contributed by atoms with Crippen LogP contribution < -0.4 is 10.5 Å². The lowest BCUT2D eigenvalue weighted by atomic mass is 10.2. The summed E-state index contributed by atoms with van der Waals surface area (Å²) in [5.74, 6) is 0. The zero-order valence-corrected chi connectivity index (χ0v) is 10.9. The molecule has 0 bridgehead atoms. The number of hydrogen-bond acceptors (Lipinski definition) is 4. The highest BCUT2D eigenvalue weighted by Gasteiger charge is 2.13. The number of hydrogen-bond donors (Lipinski definition) is 1. The van der Waals surface area contributed by atoms with E-state index in [4.69, 9.17) is 0 Å². The first-order valence-corrected chi connectivity index (χ1v) is 6.67. The summed E-state index contributed by atoms with van der Waals surface area (Å²) in [5, 5.41) is 13.4. The van der Waals surface area contributed by atoms with Crippen molar-refractivity contribution in [2.75, 3.05) is 18.0 Å². The van der Waals surface area contributed by atoms with Crippen molar-refractivity contribution in [2.45, 2.75) is 45.3 Å². The number of aromatic nitrogens is 2. The van der Waals surface area contributed by atoms with E-state index in [1.165, 1.54) is 17.5 Å². The summed E-state index contributed by atoms with van der Waals surface area (Å²) in [4.78, 5) is 14.1. The summed E-state index contributed by atoms with van der Waals surface area (Å²) >= 11 is 0. The molecule has 1 aliphatic rings. The largest absolute Gasteiger partial charge is 0.393 e. The van der Waals surface area contributed by atoms with Crippen molar-refractivity contribution >= 4 is 5.69 Å². The van der Waals surface area contributed by atoms with E-state index < -0.39 is 0 Å². The van der Waals surface area contributed by atoms with Crippen molar-refractivity contribution in [3.63, 3.8) is 0 Å². The normalized spacial score (nSPS) is 17.1. The van der Waals surface area contributed by atoms with Gasteiger partial charge in [0.25, 0.3) is 5.56 Å². The second kappa shape index (κ2) is 6.00. The average molecular weight is 251 g/mol. The van der Waals surface area contributed by atoms with E-state index in [9.17, 15) is 9.90 Å². The first kappa shape index (κ1) is 13.1. The van der Waals surface area contributed by atoms with Crippen LogP contribution in [0.5, 0.6) is 0 Å². The van der Waals surface area contributed by atoms with Crippen LogP contribution in [0.15, 0.2) is 17.1 Å². The predicted molar refractivity (Wildman–Crippen MR) is 70.9 cm³/mol. The minimum atomic E-state index is -0.315. The second-order valence-electron chi connectivity index (χ2n) is 4.96. The number of aliphatic hydroxyl groups is 1. The van der Waals surface area contributed by atoms with E-state index in [0.717, 1.165) is 25.2 Å². The Labute approximate surface area is 107 Å². The Kier molecular flexibility index (Phi) is 4.36. The zero-order valence-electron chi connectivity index (χ0n) is 10.9. The Balaban J connectivity index is 1.98. The molecule has 5 nitrogen and oxygen atoms in total. The highest BCUT2D eigenvalue weighted by molar-refractivity contribution is 5.43. The van der Waals surface area contributed by atoms with Gasteiger partial charge in [0.15, 0.2) is 0 Å². The maximum absolute atomic E-state index is 11.9. The Bertz CT molecular complexity index is 436. The third-order valence-electron chi connectivity index (χ3n) is 3.32. The average Bonchev–Trinajstić information content (AvgIpc) is 2.84. The van der Waals surface area contributed by atoms with Gasteiger partial charge in [-0.15, -0.1) is 0 Å². The van der Waals surface area contributed by atoms with E-state index in [0.29, 0.717) is 13.0 Å². The molecule has 0 aliphatic carbocycles. The third kappa shape index (κ3) is 3.32. The molecule has 1 unspecified atom stereocenters. The molecule has 1 aromatic rings. The third-order valence-corrected chi connectivity index (χ3v) is 3.32. The lowest BCUT2D eigenvalue weighted by molar-refractivity contribution is 0.178. The van der Waals surface area contributed by atoms with Gasteiger partial charge < -0.3 is 10.0 Å². The van der Waals surface area contributed by atoms with Gasteiger partial charge in [-0.05, 0) is 32.6 Å². The number of nitrogens with zero attached hydrogens (tertiary/aromatic N) is 3. The molecule has 1 N–H and O–H groups in total. The van der Waals surface area contributed by atoms with E-state index in [2.05, 4.69) is 10.00 Å². The number of aliphatic hydroxyl groups excluding tert-OH is 1. The molecule has 1 aliphatic heterocycles. The van der Waals surface area contributed by atoms with Gasteiger partial charge in [0.2, 0.25) is 0 Å². The van der Waals surface area contributed by atoms with Gasteiger partial charge in [-0.2, -0.15) is 5.10 Å². The van der Waals surface area contributed by atoms with Gasteiger partial charge in [-0.3, -0.25) is 4.79 Å². The molecule has 0 amide bonds. The summed E-state index contributed by atoms with van der Waals surface area (Å²) in [5.41, 5.74) is 0.884. The Hall–Kier alpha value is -1.36. The van der Waals surface area contributed by atoms with E-state index in [1.54, 1.807) is 19.2 Å². The molecule has 1 atom stereocenters. The maximum Gasteiger partial charge on any atom is 0.268 e. The topological polar surface area (TPSA) is 58.4 Å². The smallest absolute Gasteiger partial charge is 0.268 e. The number of anilines is 1. The summed E-state index contributed by atoms with van der Waals surface area (Å²) in [7, 11) is 0. The van der Waals surface area contributed by atoms with Crippen molar-refractivity contribution in [2.24, 2.45) is 0 Å². The summed E-state index contributed by atoms with van der Waals surface area (Å²) in [6.07, 6.45) is 5.31. The van der Waals surface area contributed by atoms with Crippen LogP contribution in [0, 0.1) is 0 Å². The monoisotopic (exact) mass is 251 g/mol. The predicted octanol–water partition coefficient (Wildman–Crippen LogP) is 1.00. The van der Waals surface area contributed by atoms with Crippen LogP contribution in [0.25, 0.3) is 0 Å². The molecule has 0 aromatic carbocycles. The summed E-state index contributed by atoms with van der Waals surface area (Å²) in [6, 6.07) is 1.67. The molecule has 1 fully saturated rings. The van der Waals surface area contributed by atoms with Crippen LogP contribution >= 0.6 is 0 Å². The van der Waals surface area contributed by atoms with Crippen molar-refractivity contribution in [3.8, 4) is 0 Å². The molecule has 0 saturated carbocycles. The summed E-state index contributed by atoms with van der Waals surface area (Å²) in [6.45, 7) is 4.37. The first-order valence-electron chi connectivity index (χ1n) is 6.67. The van der Waals surface area contributed by atoms with E-state index in [1.807, 2.05) is 0 Å². The summed E-state index contributed by atoms with van der Waals surface area (Å²) < 4.78 is 1.47. The molecule has 100 valence electrons. The van der Waals surface area contributed by atoms with Gasteiger partial charge in [-0.1, -0.05) is 0 Å². The van der Waals surface area contributed by atoms with Gasteiger partial charge in [0, 0.05) is 25.7 Å². The molecule has 5 heteroatoms. The highest BCUT2D eigenvalue weighted by atomic mass is 16.3. The standard InChI is InChI=1S/C13H21N3O2/c1-11(17)5-4-8-16-13(18)9-12(10-14-16)15-6-2-3-7-15/h9-11,17H,2-8H2,1H3. The molecule has 2 rings (SSSR count). The van der Waals surface area contributed by atoms with Crippen LogP contribution in [0.1, 0.15) is 32.6 Å². The van der Waals surface area contributed by atoms with Gasteiger partial charge in [-0.25, -0.2) is 4.68 Å². The SMILES string of the molecule is CC(O)CCCn1ncc(N2CCCC2)cc1=O. The minimum absolute atomic E-state index is 0.0509. The lowest BCUT2D eigenvalue weighted by Crippen LogP contribution is -2.26. The van der Waals surface area contributed by atoms with Crippen molar-refractivity contribution in [1.82, 2.24) is 9.78 Å². The quantitative estimate of drug-likeness (QED) is 0.848. The highest BCUT2D eigenvalue weighted by Crippen LogP contribution is 2.16. The molecular weight excluding hydrogens is 230 g/mol. The van der Waals surface area contributed by atoms with Gasteiger partial charge in [0.05, 0.1) is 18.0 Å². The van der Waals surface area contributed by atoms with Gasteiger partial charge >= 0.3 is 0 Å². The van der Waals surface area contributed by atoms with Crippen LogP contribution in [0.4, 0.5) is 5.69 Å². The molecule has 0 spiro atoms. The zero-order chi connectivity index (χ0) is 13.0. The van der Waals surface area contributed by atoms with Crippen LogP contribution in [-0.4, -0.2) is 34.1 Å². The fourth-order valence-electron chi connectivity index (χ4n) is 2.28. The fraction of sp³-hybridized carbons (Fsp3) is 0.692. The molecule has 18 heavy (non-hydrogen) atoms. The second-order valence-corrected chi connectivity index (χ2v) is 4.96. The fourth-order valence-corrected chi connectivity index (χ4v) is 2.28. The van der Waals surface area contributed by atoms with Crippen molar-refractivity contribution < 1.29 is 5.11 Å². The van der Waals surface area contributed by atoms with Crippen LogP contribution in [-0.2, 0) is 6.54 Å². The molecule has 1 saturated heterocycles. The minimum Gasteiger partial charge on any atom is -0.393 e. The Morgan fingerprint density at radius 1 is 1.44 bits per heavy atom. The Morgan fingerprint density at radius 2 is 2.17 bits per heavy atom. The molecule has 1 aromatic heterocycles. The van der Waals surface area contributed by atoms with Crippen LogP contribution in [0.2, 0.25) is 0 Å². The number of rotatable bonds is 5.